The van der Waals surface area contributed by atoms with Crippen LogP contribution in [-0.2, 0) is 6.54 Å². The molecule has 0 amide bonds. The van der Waals surface area contributed by atoms with E-state index < -0.39 is 0 Å². The van der Waals surface area contributed by atoms with E-state index in [9.17, 15) is 0 Å². The van der Waals surface area contributed by atoms with E-state index in [0.29, 0.717) is 12.1 Å². The molecule has 108 valence electrons. The summed E-state index contributed by atoms with van der Waals surface area (Å²) in [5.74, 6) is 0. The van der Waals surface area contributed by atoms with Gasteiger partial charge >= 0.3 is 0 Å². The molecule has 2 heteroatoms. The van der Waals surface area contributed by atoms with Gasteiger partial charge in [0.1, 0.15) is 0 Å². The fraction of sp³-hybridized carbons (Fsp3) is 0.647. The van der Waals surface area contributed by atoms with Crippen molar-refractivity contribution >= 4 is 5.69 Å². The maximum Gasteiger partial charge on any atom is 0.0371 e. The molecular weight excluding hydrogens is 232 g/mol. The zero-order chi connectivity index (χ0) is 14.4. The summed E-state index contributed by atoms with van der Waals surface area (Å²) in [7, 11) is 0. The van der Waals surface area contributed by atoms with Gasteiger partial charge in [0.05, 0.1) is 0 Å². The second-order valence-electron chi connectivity index (χ2n) is 5.93. The van der Waals surface area contributed by atoms with Crippen molar-refractivity contribution in [2.45, 2.75) is 66.6 Å². The van der Waals surface area contributed by atoms with Crippen molar-refractivity contribution in [1.82, 2.24) is 5.32 Å². The molecule has 1 rings (SSSR count). The number of hydrogen-bond donors (Lipinski definition) is 1. The van der Waals surface area contributed by atoms with Crippen molar-refractivity contribution < 1.29 is 0 Å². The highest BCUT2D eigenvalue weighted by molar-refractivity contribution is 5.51. The Morgan fingerprint density at radius 3 is 2.32 bits per heavy atom. The number of nitrogens with zero attached hydrogens (tertiary/aromatic N) is 1. The van der Waals surface area contributed by atoms with Gasteiger partial charge in [0, 0.05) is 30.9 Å². The third-order valence-electron chi connectivity index (χ3n) is 3.45. The fourth-order valence-corrected chi connectivity index (χ4v) is 2.30. The number of nitrogens with one attached hydrogen (secondary N) is 1. The Morgan fingerprint density at radius 2 is 1.84 bits per heavy atom. The summed E-state index contributed by atoms with van der Waals surface area (Å²) in [6.07, 6.45) is 1.19. The van der Waals surface area contributed by atoms with E-state index in [0.717, 1.165) is 13.1 Å². The molecule has 0 atom stereocenters. The van der Waals surface area contributed by atoms with Crippen LogP contribution in [0.5, 0.6) is 0 Å². The molecule has 0 aliphatic heterocycles. The largest absolute Gasteiger partial charge is 0.369 e. The lowest BCUT2D eigenvalue weighted by molar-refractivity contribution is 0.587. The molecule has 0 spiro atoms. The first-order chi connectivity index (χ1) is 8.95. The number of hydrogen-bond acceptors (Lipinski definition) is 2. The summed E-state index contributed by atoms with van der Waals surface area (Å²) in [4.78, 5) is 2.48. The third kappa shape index (κ3) is 4.87. The summed E-state index contributed by atoms with van der Waals surface area (Å²) in [6, 6.07) is 7.95. The normalized spacial score (nSPS) is 11.4. The minimum absolute atomic E-state index is 0.534. The van der Waals surface area contributed by atoms with E-state index >= 15 is 0 Å². The highest BCUT2D eigenvalue weighted by Crippen LogP contribution is 2.21. The summed E-state index contributed by atoms with van der Waals surface area (Å²) in [6.45, 7) is 15.4. The molecule has 1 aromatic rings. The zero-order valence-corrected chi connectivity index (χ0v) is 13.5. The molecule has 0 aliphatic carbocycles. The van der Waals surface area contributed by atoms with Crippen LogP contribution in [0.15, 0.2) is 18.2 Å². The van der Waals surface area contributed by atoms with Gasteiger partial charge in [-0.3, -0.25) is 0 Å². The Bertz CT molecular complexity index is 383. The molecule has 1 N–H and O–H groups in total. The lowest BCUT2D eigenvalue weighted by atomic mass is 10.1. The molecular formula is C17H30N2. The average Bonchev–Trinajstić information content (AvgIpc) is 2.33. The first-order valence-corrected chi connectivity index (χ1v) is 7.55. The molecule has 0 saturated heterocycles. The van der Waals surface area contributed by atoms with Gasteiger partial charge in [-0.2, -0.15) is 0 Å². The molecule has 0 heterocycles. The van der Waals surface area contributed by atoms with Crippen LogP contribution in [0, 0.1) is 6.92 Å². The zero-order valence-electron chi connectivity index (χ0n) is 13.5. The van der Waals surface area contributed by atoms with Gasteiger partial charge in [-0.05, 0) is 50.5 Å². The van der Waals surface area contributed by atoms with E-state index in [1.165, 1.54) is 23.2 Å². The SMILES string of the molecule is CCCN(c1ccc(CNC(C)C)c(C)c1)C(C)C. The minimum atomic E-state index is 0.534. The summed E-state index contributed by atoms with van der Waals surface area (Å²) < 4.78 is 0. The molecule has 0 saturated carbocycles. The molecule has 1 aromatic carbocycles. The van der Waals surface area contributed by atoms with Crippen LogP contribution in [0.2, 0.25) is 0 Å². The van der Waals surface area contributed by atoms with Crippen molar-refractivity contribution in [2.75, 3.05) is 11.4 Å². The van der Waals surface area contributed by atoms with Crippen LogP contribution in [0.1, 0.15) is 52.2 Å². The quantitative estimate of drug-likeness (QED) is 0.795. The number of benzene rings is 1. The van der Waals surface area contributed by atoms with E-state index in [1.807, 2.05) is 0 Å². The molecule has 19 heavy (non-hydrogen) atoms. The Morgan fingerprint density at radius 1 is 1.16 bits per heavy atom. The van der Waals surface area contributed by atoms with Gasteiger partial charge < -0.3 is 10.2 Å². The maximum absolute atomic E-state index is 3.49. The molecule has 0 bridgehead atoms. The summed E-state index contributed by atoms with van der Waals surface area (Å²) in [5, 5.41) is 3.49. The van der Waals surface area contributed by atoms with Crippen LogP contribution in [0.4, 0.5) is 5.69 Å². The molecule has 0 unspecified atom stereocenters. The lowest BCUT2D eigenvalue weighted by Gasteiger charge is -2.29. The van der Waals surface area contributed by atoms with Crippen LogP contribution in [0.25, 0.3) is 0 Å². The van der Waals surface area contributed by atoms with Gasteiger partial charge in [0.25, 0.3) is 0 Å². The first-order valence-electron chi connectivity index (χ1n) is 7.55. The highest BCUT2D eigenvalue weighted by Gasteiger charge is 2.10. The van der Waals surface area contributed by atoms with Crippen molar-refractivity contribution in [3.8, 4) is 0 Å². The van der Waals surface area contributed by atoms with Gasteiger partial charge in [-0.15, -0.1) is 0 Å². The van der Waals surface area contributed by atoms with Crippen LogP contribution in [-0.4, -0.2) is 18.6 Å². The Hall–Kier alpha value is -1.02. The van der Waals surface area contributed by atoms with E-state index in [-0.39, 0.29) is 0 Å². The molecule has 0 aromatic heterocycles. The minimum Gasteiger partial charge on any atom is -0.369 e. The van der Waals surface area contributed by atoms with Crippen LogP contribution < -0.4 is 10.2 Å². The molecule has 0 radical (unpaired) electrons. The standard InChI is InChI=1S/C17H30N2/c1-7-10-19(14(4)5)17-9-8-16(15(6)11-17)12-18-13(2)3/h8-9,11,13-14,18H,7,10,12H2,1-6H3. The van der Waals surface area contributed by atoms with Crippen LogP contribution >= 0.6 is 0 Å². The van der Waals surface area contributed by atoms with Crippen molar-refractivity contribution in [1.29, 1.82) is 0 Å². The summed E-state index contributed by atoms with van der Waals surface area (Å²) >= 11 is 0. The Balaban J connectivity index is 2.85. The predicted octanol–water partition coefficient (Wildman–Crippen LogP) is 4.12. The van der Waals surface area contributed by atoms with Gasteiger partial charge in [0.15, 0.2) is 0 Å². The molecule has 0 fully saturated rings. The van der Waals surface area contributed by atoms with E-state index in [4.69, 9.17) is 0 Å². The fourth-order valence-electron chi connectivity index (χ4n) is 2.30. The van der Waals surface area contributed by atoms with Gasteiger partial charge in [-0.25, -0.2) is 0 Å². The molecule has 2 nitrogen and oxygen atoms in total. The molecule has 0 aliphatic rings. The highest BCUT2D eigenvalue weighted by atomic mass is 15.1. The smallest absolute Gasteiger partial charge is 0.0371 e. The average molecular weight is 262 g/mol. The second kappa shape index (κ2) is 7.54. The summed E-state index contributed by atoms with van der Waals surface area (Å²) in [5.41, 5.74) is 4.13. The van der Waals surface area contributed by atoms with Crippen LogP contribution in [0.3, 0.4) is 0 Å². The third-order valence-corrected chi connectivity index (χ3v) is 3.45. The van der Waals surface area contributed by atoms with Gasteiger partial charge in [-0.1, -0.05) is 26.8 Å². The van der Waals surface area contributed by atoms with Gasteiger partial charge in [0.2, 0.25) is 0 Å². The number of aryl methyl sites for hydroxylation is 1. The Kier molecular flexibility index (Phi) is 6.36. The maximum atomic E-state index is 3.49. The van der Waals surface area contributed by atoms with Crippen molar-refractivity contribution in [2.24, 2.45) is 0 Å². The van der Waals surface area contributed by atoms with E-state index in [1.54, 1.807) is 0 Å². The second-order valence-corrected chi connectivity index (χ2v) is 5.93. The number of anilines is 1. The Labute approximate surface area is 119 Å². The number of rotatable bonds is 7. The van der Waals surface area contributed by atoms with E-state index in [2.05, 4.69) is 70.0 Å². The van der Waals surface area contributed by atoms with Crippen molar-refractivity contribution in [3.05, 3.63) is 29.3 Å². The predicted molar refractivity (Wildman–Crippen MR) is 85.9 cm³/mol. The topological polar surface area (TPSA) is 15.3 Å². The van der Waals surface area contributed by atoms with Crippen molar-refractivity contribution in [3.63, 3.8) is 0 Å². The monoisotopic (exact) mass is 262 g/mol. The lowest BCUT2D eigenvalue weighted by Crippen LogP contribution is -2.31. The first kappa shape index (κ1) is 16.0.